The van der Waals surface area contributed by atoms with E-state index in [1.807, 2.05) is 0 Å². The second-order valence-electron chi connectivity index (χ2n) is 7.60. The van der Waals surface area contributed by atoms with Crippen molar-refractivity contribution in [2.24, 2.45) is 18.1 Å². The van der Waals surface area contributed by atoms with Crippen LogP contribution in [0.2, 0.25) is 0 Å². The van der Waals surface area contributed by atoms with Crippen molar-refractivity contribution >= 4 is 36.0 Å². The van der Waals surface area contributed by atoms with Crippen LogP contribution in [-0.2, 0) is 4.57 Å². The Bertz CT molecular complexity index is 564. The Morgan fingerprint density at radius 2 is 0.905 bits per heavy atom. The third-order valence-corrected chi connectivity index (χ3v) is 16.2. The van der Waals surface area contributed by atoms with Crippen LogP contribution in [0.3, 0.4) is 0 Å². The molecule has 10 heteroatoms. The predicted molar refractivity (Wildman–Crippen MR) is 110 cm³/mol. The van der Waals surface area contributed by atoms with Crippen LogP contribution in [0.4, 0.5) is 0 Å². The summed E-state index contributed by atoms with van der Waals surface area (Å²) in [6, 6.07) is 0. The van der Waals surface area contributed by atoms with Gasteiger partial charge in [-0.25, -0.2) is 18.1 Å². The summed E-state index contributed by atoms with van der Waals surface area (Å²) < 4.78 is 29.6. The largest absolute Gasteiger partial charge is 0.299 e. The summed E-state index contributed by atoms with van der Waals surface area (Å²) >= 11 is 0. The molecule has 0 atom stereocenters. The van der Waals surface area contributed by atoms with Gasteiger partial charge in [-0.2, -0.15) is 0 Å². The number of rotatable bonds is 1. The molecule has 0 aromatic carbocycles. The van der Waals surface area contributed by atoms with Gasteiger partial charge in [0.15, 0.2) is 7.29 Å². The Morgan fingerprint density at radius 1 is 0.667 bits per heavy atom. The Labute approximate surface area is 132 Å². The van der Waals surface area contributed by atoms with Gasteiger partial charge in [0.05, 0.1) is 21.6 Å². The van der Waals surface area contributed by atoms with E-state index in [9.17, 15) is 4.57 Å². The van der Waals surface area contributed by atoms with Crippen molar-refractivity contribution < 1.29 is 4.57 Å². The molecule has 0 unspecified atom stereocenters. The minimum atomic E-state index is -2.11. The van der Waals surface area contributed by atoms with Gasteiger partial charge in [0.1, 0.15) is 0 Å². The monoisotopic (exact) mass is 392 g/mol. The maximum Gasteiger partial charge on any atom is 0.182 e. The molecule has 1 aliphatic rings. The zero-order valence-electron chi connectivity index (χ0n) is 15.4. The van der Waals surface area contributed by atoms with Crippen molar-refractivity contribution in [3.05, 3.63) is 0 Å². The lowest BCUT2D eigenvalue weighted by atomic mass is 11.9. The first-order valence-electron chi connectivity index (χ1n) is 6.70. The van der Waals surface area contributed by atoms with Crippen LogP contribution in [0.25, 0.3) is 0 Å². The summed E-state index contributed by atoms with van der Waals surface area (Å²) in [6.45, 7) is 22.7. The molecule has 21 heavy (non-hydrogen) atoms. The first-order valence-corrected chi connectivity index (χ1v) is 20.1. The molecule has 0 fully saturated rings. The highest BCUT2D eigenvalue weighted by Crippen LogP contribution is 2.71. The molecule has 5 nitrogen and oxygen atoms in total. The Kier molecular flexibility index (Phi) is 7.33. The van der Waals surface area contributed by atoms with Gasteiger partial charge in [0.25, 0.3) is 0 Å². The van der Waals surface area contributed by atoms with E-state index in [1.165, 1.54) is 0 Å². The van der Waals surface area contributed by atoms with Crippen LogP contribution in [0.1, 0.15) is 0 Å². The fourth-order valence-electron chi connectivity index (χ4n) is 2.31. The average molecular weight is 392 g/mol. The third-order valence-electron chi connectivity index (χ3n) is 1.80. The third kappa shape index (κ3) is 12.3. The van der Waals surface area contributed by atoms with E-state index in [-0.39, 0.29) is 0 Å². The summed E-state index contributed by atoms with van der Waals surface area (Å²) in [6.07, 6.45) is 0. The van der Waals surface area contributed by atoms with Gasteiger partial charge in [-0.15, -0.1) is 0 Å². The zero-order chi connectivity index (χ0) is 17.3. The maximum absolute atomic E-state index is 11.1. The molecule has 0 aromatic heterocycles. The molecule has 0 aromatic rings. The summed E-state index contributed by atoms with van der Waals surface area (Å²) in [4.78, 5) is 0. The van der Waals surface area contributed by atoms with Crippen molar-refractivity contribution in [3.8, 4) is 0 Å². The summed E-state index contributed by atoms with van der Waals surface area (Å²) in [5, 5.41) is 0. The number of hydrogen-bond donors (Lipinski definition) is 0. The van der Waals surface area contributed by atoms with Crippen LogP contribution < -0.4 is 0 Å². The smallest absolute Gasteiger partial charge is 0.182 e. The number of hydrogen-bond acceptors (Lipinski definition) is 4. The lowest BCUT2D eigenvalue weighted by Crippen LogP contribution is -1.82. The number of nitrogens with zero attached hydrogens (tertiary/aromatic N) is 4. The molecule has 1 aliphatic heterocycles. The van der Waals surface area contributed by atoms with E-state index in [1.54, 1.807) is 13.3 Å². The molecule has 0 spiro atoms. The molecular weight excluding hydrogens is 359 g/mol. The molecule has 1 heterocycles. The second-order valence-corrected chi connectivity index (χ2v) is 25.0. The first-order chi connectivity index (χ1) is 8.83. The van der Waals surface area contributed by atoms with E-state index in [0.717, 1.165) is 0 Å². The molecular formula is C11H33N4OP5. The average Bonchev–Trinajstić information content (AvgIpc) is 1.83. The molecule has 0 radical (unpaired) electrons. The van der Waals surface area contributed by atoms with Crippen molar-refractivity contribution in [3.63, 3.8) is 0 Å². The van der Waals surface area contributed by atoms with E-state index in [4.69, 9.17) is 13.5 Å². The molecule has 0 saturated carbocycles. The van der Waals surface area contributed by atoms with Gasteiger partial charge in [0, 0.05) is 13.3 Å². The van der Waals surface area contributed by atoms with Crippen molar-refractivity contribution in [2.75, 3.05) is 73.3 Å². The van der Waals surface area contributed by atoms with Gasteiger partial charge in [-0.1, -0.05) is 0 Å². The quantitative estimate of drug-likeness (QED) is 0.456. The lowest BCUT2D eigenvalue weighted by Gasteiger charge is -2.26. The lowest BCUT2D eigenvalue weighted by molar-refractivity contribution is 0.584. The van der Waals surface area contributed by atoms with E-state index < -0.39 is 36.0 Å². The molecule has 0 saturated heterocycles. The van der Waals surface area contributed by atoms with Gasteiger partial charge in [-0.3, -0.25) is 4.57 Å². The van der Waals surface area contributed by atoms with Crippen LogP contribution in [0, 0.1) is 0 Å². The zero-order valence-corrected chi connectivity index (χ0v) is 19.9. The summed E-state index contributed by atoms with van der Waals surface area (Å²) in [5.41, 5.74) is 0. The topological polar surface area (TPSA) is 66.5 Å². The Morgan fingerprint density at radius 3 is 1.00 bits per heavy atom. The van der Waals surface area contributed by atoms with Gasteiger partial charge in [0.2, 0.25) is 0 Å². The van der Waals surface area contributed by atoms with Crippen LogP contribution in [-0.4, -0.2) is 73.3 Å². The van der Waals surface area contributed by atoms with Gasteiger partial charge < -0.3 is 0 Å². The standard InChI is InChI=1S/C6H18N3P3.C5H15NOP2/c1-10(2)7-11(3,4)9-12(5,6)8-10;1-8(2,3)6-9(4,5)7/h1-6H3;1-5H3. The normalized spacial score (nSPS) is 22.6. The Hall–Kier alpha value is 1.15. The van der Waals surface area contributed by atoms with Crippen molar-refractivity contribution in [1.29, 1.82) is 0 Å². The Balaban J connectivity index is 0.000000400. The maximum atomic E-state index is 11.1. The molecule has 0 amide bonds. The predicted octanol–water partition coefficient (Wildman–Crippen LogP) is 6.74. The van der Waals surface area contributed by atoms with Crippen LogP contribution in [0.15, 0.2) is 18.1 Å². The fraction of sp³-hybridized carbons (Fsp3) is 1.00. The second kappa shape index (κ2) is 6.95. The van der Waals surface area contributed by atoms with E-state index in [0.29, 0.717) is 0 Å². The van der Waals surface area contributed by atoms with Crippen molar-refractivity contribution in [1.82, 2.24) is 0 Å². The SMILES string of the molecule is CP(C)(=O)N=P(C)(C)C.CP1(C)=NP(C)(C)=NP(C)(C)=N1. The summed E-state index contributed by atoms with van der Waals surface area (Å²) in [7, 11) is -7.26. The molecule has 0 aliphatic carbocycles. The highest BCUT2D eigenvalue weighted by atomic mass is 31.2. The molecule has 1 rings (SSSR count). The van der Waals surface area contributed by atoms with E-state index >= 15 is 0 Å². The highest BCUT2D eigenvalue weighted by molar-refractivity contribution is 7.85. The van der Waals surface area contributed by atoms with Crippen LogP contribution in [0.5, 0.6) is 0 Å². The molecule has 0 bridgehead atoms. The van der Waals surface area contributed by atoms with Gasteiger partial charge in [-0.05, 0) is 67.0 Å². The minimum Gasteiger partial charge on any atom is -0.299 e. The first kappa shape index (κ1) is 22.1. The van der Waals surface area contributed by atoms with E-state index in [2.05, 4.69) is 64.5 Å². The fourth-order valence-corrected chi connectivity index (χ4v) is 21.7. The molecule has 128 valence electrons. The van der Waals surface area contributed by atoms with Gasteiger partial charge >= 0.3 is 0 Å². The van der Waals surface area contributed by atoms with Crippen molar-refractivity contribution in [2.45, 2.75) is 0 Å². The highest BCUT2D eigenvalue weighted by Gasteiger charge is 2.19. The summed E-state index contributed by atoms with van der Waals surface area (Å²) in [5.74, 6) is 0. The minimum absolute atomic E-state index is 1.18. The van der Waals surface area contributed by atoms with Crippen LogP contribution >= 0.6 is 36.0 Å². The molecule has 0 N–H and O–H groups in total.